The number of unbranched alkanes of at least 4 members (excludes halogenated alkanes) is 13. The van der Waals surface area contributed by atoms with Crippen LogP contribution in [0.15, 0.2) is 0 Å². The van der Waals surface area contributed by atoms with Crippen LogP contribution < -0.4 is 0 Å². The molecule has 0 saturated heterocycles. The van der Waals surface area contributed by atoms with Gasteiger partial charge in [-0.2, -0.15) is 0 Å². The van der Waals surface area contributed by atoms with E-state index in [-0.39, 0.29) is 18.9 Å². The standard InChI is InChI=1S/C26H51NO4/c1-4-6-8-9-10-11-12-13-14-15-16-17-18-19-23(3)27(22-7-5-2)24(26(30)31)20-21-25(28)29/h23-24H,4-22H2,1-3H3,(H,28,29)(H,30,31)/t23?,24-/m0/s1. The number of aliphatic carboxylic acids is 2. The van der Waals surface area contributed by atoms with E-state index in [4.69, 9.17) is 5.11 Å². The highest BCUT2D eigenvalue weighted by Crippen LogP contribution is 2.19. The normalized spacial score (nSPS) is 13.4. The second kappa shape index (κ2) is 20.8. The molecule has 0 aliphatic heterocycles. The molecular weight excluding hydrogens is 390 g/mol. The van der Waals surface area contributed by atoms with E-state index in [2.05, 4.69) is 20.8 Å². The van der Waals surface area contributed by atoms with Crippen LogP contribution in [0.5, 0.6) is 0 Å². The van der Waals surface area contributed by atoms with Gasteiger partial charge in [0.15, 0.2) is 0 Å². The van der Waals surface area contributed by atoms with Crippen molar-refractivity contribution in [2.24, 2.45) is 0 Å². The molecule has 31 heavy (non-hydrogen) atoms. The van der Waals surface area contributed by atoms with Gasteiger partial charge in [-0.15, -0.1) is 0 Å². The first-order chi connectivity index (χ1) is 14.9. The summed E-state index contributed by atoms with van der Waals surface area (Å²) in [5.74, 6) is -1.82. The van der Waals surface area contributed by atoms with Gasteiger partial charge < -0.3 is 10.2 Å². The fourth-order valence-electron chi connectivity index (χ4n) is 4.34. The Kier molecular flexibility index (Phi) is 20.0. The van der Waals surface area contributed by atoms with Gasteiger partial charge >= 0.3 is 11.9 Å². The first kappa shape index (κ1) is 29.9. The molecule has 0 aromatic rings. The maximum atomic E-state index is 11.8. The van der Waals surface area contributed by atoms with Gasteiger partial charge in [0.05, 0.1) is 0 Å². The zero-order valence-corrected chi connectivity index (χ0v) is 20.7. The molecule has 5 heteroatoms. The third-order valence-corrected chi connectivity index (χ3v) is 6.38. The predicted molar refractivity (Wildman–Crippen MR) is 130 cm³/mol. The maximum absolute atomic E-state index is 11.8. The van der Waals surface area contributed by atoms with Crippen molar-refractivity contribution < 1.29 is 19.8 Å². The molecule has 0 heterocycles. The molecule has 0 fully saturated rings. The number of nitrogens with zero attached hydrogens (tertiary/aromatic N) is 1. The SMILES string of the molecule is CCCCCCCCCCCCCCCC(C)N(CCCC)[C@@H](CCC(=O)O)C(=O)O. The highest BCUT2D eigenvalue weighted by atomic mass is 16.4. The number of hydrogen-bond acceptors (Lipinski definition) is 3. The summed E-state index contributed by atoms with van der Waals surface area (Å²) in [5.41, 5.74) is 0. The summed E-state index contributed by atoms with van der Waals surface area (Å²) in [5, 5.41) is 18.6. The average molecular weight is 442 g/mol. The van der Waals surface area contributed by atoms with Crippen LogP contribution in [-0.2, 0) is 9.59 Å². The third-order valence-electron chi connectivity index (χ3n) is 6.38. The van der Waals surface area contributed by atoms with Crippen LogP contribution in [0.1, 0.15) is 136 Å². The van der Waals surface area contributed by atoms with E-state index in [9.17, 15) is 14.7 Å². The number of carbonyl (C=O) groups is 2. The Labute approximate surface area is 192 Å². The zero-order chi connectivity index (χ0) is 23.3. The number of carboxylic acids is 2. The quantitative estimate of drug-likeness (QED) is 0.163. The fourth-order valence-corrected chi connectivity index (χ4v) is 4.34. The molecule has 0 spiro atoms. The van der Waals surface area contributed by atoms with Crippen LogP contribution in [0.2, 0.25) is 0 Å². The van der Waals surface area contributed by atoms with Crippen LogP contribution in [0.3, 0.4) is 0 Å². The molecule has 184 valence electrons. The van der Waals surface area contributed by atoms with Gasteiger partial charge in [-0.3, -0.25) is 14.5 Å². The van der Waals surface area contributed by atoms with Crippen molar-refractivity contribution in [2.75, 3.05) is 6.54 Å². The number of rotatable bonds is 23. The first-order valence-corrected chi connectivity index (χ1v) is 13.1. The van der Waals surface area contributed by atoms with Crippen molar-refractivity contribution >= 4 is 11.9 Å². The highest BCUT2D eigenvalue weighted by molar-refractivity contribution is 5.75. The van der Waals surface area contributed by atoms with E-state index in [1.54, 1.807) is 0 Å². The highest BCUT2D eigenvalue weighted by Gasteiger charge is 2.29. The smallest absolute Gasteiger partial charge is 0.320 e. The zero-order valence-electron chi connectivity index (χ0n) is 20.7. The Bertz CT molecular complexity index is 441. The van der Waals surface area contributed by atoms with E-state index in [1.807, 2.05) is 4.90 Å². The first-order valence-electron chi connectivity index (χ1n) is 13.1. The van der Waals surface area contributed by atoms with E-state index in [0.29, 0.717) is 0 Å². The lowest BCUT2D eigenvalue weighted by atomic mass is 10.0. The van der Waals surface area contributed by atoms with E-state index < -0.39 is 18.0 Å². The number of hydrogen-bond donors (Lipinski definition) is 2. The molecule has 1 unspecified atom stereocenters. The molecule has 0 bridgehead atoms. The van der Waals surface area contributed by atoms with Crippen LogP contribution in [0.25, 0.3) is 0 Å². The molecule has 2 atom stereocenters. The van der Waals surface area contributed by atoms with Crippen molar-refractivity contribution in [2.45, 2.75) is 148 Å². The van der Waals surface area contributed by atoms with E-state index in [0.717, 1.165) is 32.2 Å². The summed E-state index contributed by atoms with van der Waals surface area (Å²) < 4.78 is 0. The van der Waals surface area contributed by atoms with Crippen LogP contribution >= 0.6 is 0 Å². The summed E-state index contributed by atoms with van der Waals surface area (Å²) in [6, 6.07) is -0.520. The molecule has 0 radical (unpaired) electrons. The molecular formula is C26H51NO4. The van der Waals surface area contributed by atoms with E-state index >= 15 is 0 Å². The Morgan fingerprint density at radius 2 is 1.13 bits per heavy atom. The van der Waals surface area contributed by atoms with Gasteiger partial charge in [-0.1, -0.05) is 104 Å². The second-order valence-electron chi connectivity index (χ2n) is 9.26. The van der Waals surface area contributed by atoms with Crippen molar-refractivity contribution in [1.29, 1.82) is 0 Å². The maximum Gasteiger partial charge on any atom is 0.320 e. The summed E-state index contributed by atoms with van der Waals surface area (Å²) in [6.45, 7) is 7.19. The largest absolute Gasteiger partial charge is 0.481 e. The van der Waals surface area contributed by atoms with Gasteiger partial charge in [-0.05, 0) is 32.7 Å². The van der Waals surface area contributed by atoms with Gasteiger partial charge in [0.1, 0.15) is 6.04 Å². The molecule has 0 aliphatic rings. The summed E-state index contributed by atoms with van der Waals surface area (Å²) in [4.78, 5) is 24.7. The lowest BCUT2D eigenvalue weighted by Crippen LogP contribution is -2.47. The second-order valence-corrected chi connectivity index (χ2v) is 9.26. The summed E-state index contributed by atoms with van der Waals surface area (Å²) >= 11 is 0. The molecule has 0 aromatic carbocycles. The lowest BCUT2D eigenvalue weighted by Gasteiger charge is -2.34. The molecule has 0 saturated carbocycles. The molecule has 0 amide bonds. The van der Waals surface area contributed by atoms with Gasteiger partial charge in [0.25, 0.3) is 0 Å². The minimum absolute atomic E-state index is 0.0922. The van der Waals surface area contributed by atoms with Gasteiger partial charge in [0.2, 0.25) is 0 Å². The van der Waals surface area contributed by atoms with E-state index in [1.165, 1.54) is 77.0 Å². The lowest BCUT2D eigenvalue weighted by molar-refractivity contribution is -0.145. The molecule has 0 rings (SSSR count). The molecule has 5 nitrogen and oxygen atoms in total. The summed E-state index contributed by atoms with van der Waals surface area (Å²) in [7, 11) is 0. The predicted octanol–water partition coefficient (Wildman–Crippen LogP) is 7.28. The monoisotopic (exact) mass is 441 g/mol. The number of carboxylic acid groups (broad SMARTS) is 2. The minimum atomic E-state index is -0.925. The Hall–Kier alpha value is -1.10. The third kappa shape index (κ3) is 17.2. The van der Waals surface area contributed by atoms with Gasteiger partial charge in [0, 0.05) is 12.5 Å². The van der Waals surface area contributed by atoms with Crippen molar-refractivity contribution in [1.82, 2.24) is 4.90 Å². The average Bonchev–Trinajstić information content (AvgIpc) is 2.73. The Morgan fingerprint density at radius 3 is 1.55 bits per heavy atom. The Morgan fingerprint density at radius 1 is 0.677 bits per heavy atom. The summed E-state index contributed by atoms with van der Waals surface area (Å²) in [6.07, 6.45) is 20.3. The fraction of sp³-hybridized carbons (Fsp3) is 0.923. The minimum Gasteiger partial charge on any atom is -0.481 e. The topological polar surface area (TPSA) is 77.8 Å². The Balaban J connectivity index is 4.05. The van der Waals surface area contributed by atoms with Crippen molar-refractivity contribution in [3.8, 4) is 0 Å². The van der Waals surface area contributed by atoms with Crippen LogP contribution in [-0.4, -0.2) is 45.7 Å². The van der Waals surface area contributed by atoms with Crippen LogP contribution in [0, 0.1) is 0 Å². The van der Waals surface area contributed by atoms with Gasteiger partial charge in [-0.25, -0.2) is 0 Å². The van der Waals surface area contributed by atoms with Crippen molar-refractivity contribution in [3.63, 3.8) is 0 Å². The molecule has 0 aliphatic carbocycles. The molecule has 2 N–H and O–H groups in total. The van der Waals surface area contributed by atoms with Crippen LogP contribution in [0.4, 0.5) is 0 Å². The molecule has 0 aromatic heterocycles. The van der Waals surface area contributed by atoms with Crippen molar-refractivity contribution in [3.05, 3.63) is 0 Å².